The molecule has 7 heteroatoms. The summed E-state index contributed by atoms with van der Waals surface area (Å²) in [6, 6.07) is 1.05. The van der Waals surface area contributed by atoms with Crippen molar-refractivity contribution >= 4 is 5.78 Å². The minimum Gasteiger partial charge on any atom is -0.294 e. The molecule has 116 valence electrons. The van der Waals surface area contributed by atoms with Crippen LogP contribution >= 0.6 is 0 Å². The first kappa shape index (κ1) is 15.9. The van der Waals surface area contributed by atoms with Crippen molar-refractivity contribution in [1.82, 2.24) is 0 Å². The van der Waals surface area contributed by atoms with Gasteiger partial charge in [0.1, 0.15) is 0 Å². The second kappa shape index (κ2) is 5.35. The van der Waals surface area contributed by atoms with Gasteiger partial charge in [-0.15, -0.1) is 0 Å². The van der Waals surface area contributed by atoms with Gasteiger partial charge in [0.05, 0.1) is 11.1 Å². The zero-order valence-electron chi connectivity index (χ0n) is 10.8. The van der Waals surface area contributed by atoms with Crippen molar-refractivity contribution in [3.8, 4) is 0 Å². The van der Waals surface area contributed by atoms with E-state index < -0.39 is 40.7 Å². The first-order valence-electron chi connectivity index (χ1n) is 6.43. The lowest BCUT2D eigenvalue weighted by molar-refractivity contribution is -0.143. The van der Waals surface area contributed by atoms with E-state index in [2.05, 4.69) is 0 Å². The zero-order valence-corrected chi connectivity index (χ0v) is 10.8. The number of rotatable bonds is 2. The van der Waals surface area contributed by atoms with Crippen LogP contribution in [0.2, 0.25) is 0 Å². The van der Waals surface area contributed by atoms with Crippen molar-refractivity contribution in [2.24, 2.45) is 5.92 Å². The minimum absolute atomic E-state index is 0.0332. The molecule has 0 heterocycles. The number of halogens is 6. The molecule has 0 radical (unpaired) electrons. The van der Waals surface area contributed by atoms with Gasteiger partial charge in [-0.05, 0) is 31.0 Å². The number of benzene rings is 1. The molecule has 1 nitrogen and oxygen atoms in total. The predicted molar refractivity (Wildman–Crippen MR) is 62.7 cm³/mol. The molecule has 1 aliphatic rings. The zero-order chi connectivity index (χ0) is 15.8. The van der Waals surface area contributed by atoms with Crippen LogP contribution in [0.25, 0.3) is 0 Å². The maximum atomic E-state index is 12.7. The van der Waals surface area contributed by atoms with Gasteiger partial charge in [-0.3, -0.25) is 4.79 Å². The molecule has 0 spiro atoms. The lowest BCUT2D eigenvalue weighted by Gasteiger charge is -2.15. The normalized spacial score (nSPS) is 17.2. The van der Waals surface area contributed by atoms with Gasteiger partial charge in [-0.25, -0.2) is 0 Å². The molecule has 0 atom stereocenters. The van der Waals surface area contributed by atoms with E-state index in [9.17, 15) is 31.1 Å². The van der Waals surface area contributed by atoms with E-state index in [1.807, 2.05) is 0 Å². The summed E-state index contributed by atoms with van der Waals surface area (Å²) in [6.45, 7) is 0. The molecule has 21 heavy (non-hydrogen) atoms. The number of hydrogen-bond acceptors (Lipinski definition) is 1. The minimum atomic E-state index is -4.92. The third kappa shape index (κ3) is 3.57. The smallest absolute Gasteiger partial charge is 0.294 e. The molecule has 2 rings (SSSR count). The summed E-state index contributed by atoms with van der Waals surface area (Å²) in [7, 11) is 0. The molecule has 1 fully saturated rings. The molecule has 1 aromatic carbocycles. The number of hydrogen-bond donors (Lipinski definition) is 0. The molecule has 1 aromatic rings. The Morgan fingerprint density at radius 2 is 1.29 bits per heavy atom. The van der Waals surface area contributed by atoms with Gasteiger partial charge in [0, 0.05) is 11.5 Å². The second-order valence-corrected chi connectivity index (χ2v) is 5.14. The van der Waals surface area contributed by atoms with Crippen LogP contribution in [-0.4, -0.2) is 5.78 Å². The fraction of sp³-hybridized carbons (Fsp3) is 0.500. The molecule has 0 aromatic heterocycles. The summed E-state index contributed by atoms with van der Waals surface area (Å²) in [5.74, 6) is -1.11. The quantitative estimate of drug-likeness (QED) is 0.549. The van der Waals surface area contributed by atoms with Crippen molar-refractivity contribution in [2.75, 3.05) is 0 Å². The fourth-order valence-corrected chi connectivity index (χ4v) is 2.52. The van der Waals surface area contributed by atoms with E-state index >= 15 is 0 Å². The highest BCUT2D eigenvalue weighted by Crippen LogP contribution is 2.37. The van der Waals surface area contributed by atoms with Gasteiger partial charge in [0.2, 0.25) is 0 Å². The monoisotopic (exact) mass is 310 g/mol. The Kier molecular flexibility index (Phi) is 4.04. The molecule has 1 saturated carbocycles. The standard InChI is InChI=1S/C14H12F6O/c15-13(16,17)10-5-9(6-11(7-10)14(18,19)20)12(21)8-3-1-2-4-8/h5-8H,1-4H2. The summed E-state index contributed by atoms with van der Waals surface area (Å²) in [5.41, 5.74) is -3.40. The predicted octanol–water partition coefficient (Wildman–Crippen LogP) is 5.10. The van der Waals surface area contributed by atoms with Crippen molar-refractivity contribution < 1.29 is 31.1 Å². The number of Topliss-reactive ketones (excluding diaryl/α,β-unsaturated/α-hetero) is 1. The van der Waals surface area contributed by atoms with E-state index in [-0.39, 0.29) is 6.07 Å². The first-order valence-corrected chi connectivity index (χ1v) is 6.43. The Balaban J connectivity index is 2.47. The second-order valence-electron chi connectivity index (χ2n) is 5.14. The van der Waals surface area contributed by atoms with Gasteiger partial charge < -0.3 is 0 Å². The Morgan fingerprint density at radius 3 is 1.67 bits per heavy atom. The fourth-order valence-electron chi connectivity index (χ4n) is 2.52. The SMILES string of the molecule is O=C(c1cc(C(F)(F)F)cc(C(F)(F)F)c1)C1CCCC1. The van der Waals surface area contributed by atoms with Gasteiger partial charge >= 0.3 is 12.4 Å². The maximum absolute atomic E-state index is 12.7. The molecule has 0 saturated heterocycles. The Labute approximate surface area is 116 Å². The van der Waals surface area contributed by atoms with E-state index in [1.165, 1.54) is 0 Å². The van der Waals surface area contributed by atoms with Crippen molar-refractivity contribution in [3.63, 3.8) is 0 Å². The number of carbonyl (C=O) groups is 1. The molecule has 0 amide bonds. The summed E-state index contributed by atoms with van der Waals surface area (Å²) >= 11 is 0. The molecule has 1 aliphatic carbocycles. The Hall–Kier alpha value is -1.53. The Morgan fingerprint density at radius 1 is 0.857 bits per heavy atom. The third-order valence-electron chi connectivity index (χ3n) is 3.60. The van der Waals surface area contributed by atoms with E-state index in [1.54, 1.807) is 0 Å². The van der Waals surface area contributed by atoms with Crippen molar-refractivity contribution in [3.05, 3.63) is 34.9 Å². The first-order chi connectivity index (χ1) is 9.59. The summed E-state index contributed by atoms with van der Waals surface area (Å²) < 4.78 is 76.2. The molecule has 0 N–H and O–H groups in total. The number of carbonyl (C=O) groups excluding carboxylic acids is 1. The molecular formula is C14H12F6O. The molecular weight excluding hydrogens is 298 g/mol. The highest BCUT2D eigenvalue weighted by molar-refractivity contribution is 5.98. The van der Waals surface area contributed by atoms with E-state index in [0.717, 1.165) is 12.8 Å². The lowest BCUT2D eigenvalue weighted by Crippen LogP contribution is -2.16. The van der Waals surface area contributed by atoms with Crippen LogP contribution in [0.1, 0.15) is 47.2 Å². The largest absolute Gasteiger partial charge is 0.416 e. The average molecular weight is 310 g/mol. The molecule has 0 aliphatic heterocycles. The van der Waals surface area contributed by atoms with Crippen molar-refractivity contribution in [1.29, 1.82) is 0 Å². The third-order valence-corrected chi connectivity index (χ3v) is 3.60. The maximum Gasteiger partial charge on any atom is 0.416 e. The van der Waals surface area contributed by atoms with Crippen LogP contribution in [0.4, 0.5) is 26.3 Å². The summed E-state index contributed by atoms with van der Waals surface area (Å²) in [4.78, 5) is 12.1. The summed E-state index contributed by atoms with van der Waals surface area (Å²) in [5, 5.41) is 0. The highest BCUT2D eigenvalue weighted by Gasteiger charge is 2.38. The van der Waals surface area contributed by atoms with Crippen molar-refractivity contribution in [2.45, 2.75) is 38.0 Å². The topological polar surface area (TPSA) is 17.1 Å². The van der Waals surface area contributed by atoms with Crippen LogP contribution in [0.15, 0.2) is 18.2 Å². The molecule has 0 bridgehead atoms. The van der Waals surface area contributed by atoms with Gasteiger partial charge in [-0.1, -0.05) is 12.8 Å². The van der Waals surface area contributed by atoms with Crippen LogP contribution in [-0.2, 0) is 12.4 Å². The van der Waals surface area contributed by atoms with Crippen LogP contribution in [0, 0.1) is 5.92 Å². The number of alkyl halides is 6. The Bertz CT molecular complexity index is 505. The number of ketones is 1. The molecule has 0 unspecified atom stereocenters. The van der Waals surface area contributed by atoms with Crippen LogP contribution in [0.3, 0.4) is 0 Å². The van der Waals surface area contributed by atoms with Crippen LogP contribution in [0.5, 0.6) is 0 Å². The average Bonchev–Trinajstić information content (AvgIpc) is 2.89. The van der Waals surface area contributed by atoms with Gasteiger partial charge in [0.25, 0.3) is 0 Å². The van der Waals surface area contributed by atoms with Gasteiger partial charge in [-0.2, -0.15) is 26.3 Å². The highest BCUT2D eigenvalue weighted by atomic mass is 19.4. The van der Waals surface area contributed by atoms with Gasteiger partial charge in [0.15, 0.2) is 5.78 Å². The van der Waals surface area contributed by atoms with E-state index in [0.29, 0.717) is 25.0 Å². The van der Waals surface area contributed by atoms with E-state index in [4.69, 9.17) is 0 Å². The van der Waals surface area contributed by atoms with Crippen LogP contribution < -0.4 is 0 Å². The lowest BCUT2D eigenvalue weighted by atomic mass is 9.93. The summed E-state index contributed by atoms with van der Waals surface area (Å²) in [6.07, 6.45) is -7.30.